The first-order chi connectivity index (χ1) is 8.78. The van der Waals surface area contributed by atoms with Gasteiger partial charge in [0.15, 0.2) is 0 Å². The van der Waals surface area contributed by atoms with Crippen molar-refractivity contribution in [3.8, 4) is 5.75 Å². The van der Waals surface area contributed by atoms with E-state index in [0.29, 0.717) is 12.4 Å². The largest absolute Gasteiger partial charge is 0.487 e. The van der Waals surface area contributed by atoms with Crippen LogP contribution in [0, 0.1) is 5.82 Å². The Labute approximate surface area is 105 Å². The number of anilines is 1. The van der Waals surface area contributed by atoms with E-state index in [1.54, 1.807) is 24.5 Å². The topological polar surface area (TPSA) is 47.0 Å². The number of halogens is 1. The van der Waals surface area contributed by atoms with Crippen molar-refractivity contribution in [3.05, 3.63) is 48.2 Å². The van der Waals surface area contributed by atoms with Crippen molar-refractivity contribution in [1.82, 2.24) is 9.97 Å². The van der Waals surface area contributed by atoms with E-state index in [-0.39, 0.29) is 5.82 Å². The normalized spacial score (nSPS) is 10.1. The lowest BCUT2D eigenvalue weighted by atomic mass is 10.3. The maximum absolute atomic E-state index is 12.7. The Morgan fingerprint density at radius 2 is 1.94 bits per heavy atom. The van der Waals surface area contributed by atoms with E-state index in [1.165, 1.54) is 12.1 Å². The number of rotatable bonds is 5. The molecule has 1 N–H and O–H groups in total. The van der Waals surface area contributed by atoms with Crippen LogP contribution in [0.3, 0.4) is 0 Å². The highest BCUT2D eigenvalue weighted by molar-refractivity contribution is 5.30. The number of nitrogens with one attached hydrogen (secondary N) is 1. The Balaban J connectivity index is 1.91. The first kappa shape index (κ1) is 12.3. The van der Waals surface area contributed by atoms with Crippen LogP contribution in [-0.2, 0) is 6.61 Å². The Morgan fingerprint density at radius 3 is 2.56 bits per heavy atom. The standard InChI is InChI=1S/C13H14FN3O/c1-2-15-13-8-16-11(7-17-13)9-18-12-5-3-10(14)4-6-12/h3-8H,2,9H2,1H3,(H,15,17). The summed E-state index contributed by atoms with van der Waals surface area (Å²) in [5.74, 6) is 1.06. The monoisotopic (exact) mass is 247 g/mol. The Bertz CT molecular complexity index is 485. The van der Waals surface area contributed by atoms with Crippen molar-refractivity contribution in [2.24, 2.45) is 0 Å². The van der Waals surface area contributed by atoms with E-state index in [0.717, 1.165) is 18.1 Å². The van der Waals surface area contributed by atoms with Crippen molar-refractivity contribution in [3.63, 3.8) is 0 Å². The smallest absolute Gasteiger partial charge is 0.144 e. The molecule has 94 valence electrons. The molecule has 1 aromatic heterocycles. The lowest BCUT2D eigenvalue weighted by Crippen LogP contribution is -2.03. The average molecular weight is 247 g/mol. The zero-order chi connectivity index (χ0) is 12.8. The zero-order valence-electron chi connectivity index (χ0n) is 10.1. The molecule has 0 radical (unpaired) electrons. The van der Waals surface area contributed by atoms with E-state index in [9.17, 15) is 4.39 Å². The summed E-state index contributed by atoms with van der Waals surface area (Å²) < 4.78 is 18.1. The van der Waals surface area contributed by atoms with E-state index in [4.69, 9.17) is 4.74 Å². The molecule has 0 aliphatic carbocycles. The molecule has 0 unspecified atom stereocenters. The fourth-order valence-electron chi connectivity index (χ4n) is 1.39. The quantitative estimate of drug-likeness (QED) is 0.882. The predicted octanol–water partition coefficient (Wildman–Crippen LogP) is 2.63. The molecule has 0 aliphatic heterocycles. The summed E-state index contributed by atoms with van der Waals surface area (Å²) in [5, 5.41) is 3.06. The fourth-order valence-corrected chi connectivity index (χ4v) is 1.39. The average Bonchev–Trinajstić information content (AvgIpc) is 2.40. The highest BCUT2D eigenvalue weighted by Crippen LogP contribution is 2.12. The van der Waals surface area contributed by atoms with Crippen LogP contribution in [0.25, 0.3) is 0 Å². The molecule has 0 atom stereocenters. The molecule has 4 nitrogen and oxygen atoms in total. The van der Waals surface area contributed by atoms with Gasteiger partial charge in [-0.1, -0.05) is 0 Å². The summed E-state index contributed by atoms with van der Waals surface area (Å²) in [6.07, 6.45) is 3.31. The van der Waals surface area contributed by atoms with E-state index < -0.39 is 0 Å². The van der Waals surface area contributed by atoms with Crippen LogP contribution < -0.4 is 10.1 Å². The summed E-state index contributed by atoms with van der Waals surface area (Å²) in [7, 11) is 0. The van der Waals surface area contributed by atoms with Crippen molar-refractivity contribution in [2.45, 2.75) is 13.5 Å². The second-order valence-electron chi connectivity index (χ2n) is 3.67. The van der Waals surface area contributed by atoms with Gasteiger partial charge in [-0.25, -0.2) is 9.37 Å². The Kier molecular flexibility index (Phi) is 4.06. The van der Waals surface area contributed by atoms with Crippen LogP contribution in [0.4, 0.5) is 10.2 Å². The van der Waals surface area contributed by atoms with Gasteiger partial charge >= 0.3 is 0 Å². The number of hydrogen-bond acceptors (Lipinski definition) is 4. The van der Waals surface area contributed by atoms with E-state index in [2.05, 4.69) is 15.3 Å². The summed E-state index contributed by atoms with van der Waals surface area (Å²) in [6.45, 7) is 3.11. The molecular weight excluding hydrogens is 233 g/mol. The van der Waals surface area contributed by atoms with Crippen molar-refractivity contribution in [1.29, 1.82) is 0 Å². The molecule has 1 aromatic carbocycles. The van der Waals surface area contributed by atoms with Crippen LogP contribution in [0.15, 0.2) is 36.7 Å². The molecule has 0 saturated carbocycles. The number of benzene rings is 1. The molecule has 0 saturated heterocycles. The highest BCUT2D eigenvalue weighted by atomic mass is 19.1. The van der Waals surface area contributed by atoms with Crippen molar-refractivity contribution in [2.75, 3.05) is 11.9 Å². The number of nitrogens with zero attached hydrogens (tertiary/aromatic N) is 2. The van der Waals surface area contributed by atoms with Gasteiger partial charge in [0.25, 0.3) is 0 Å². The molecule has 0 bridgehead atoms. The number of ether oxygens (including phenoxy) is 1. The van der Waals surface area contributed by atoms with Gasteiger partial charge in [-0.2, -0.15) is 0 Å². The third kappa shape index (κ3) is 3.41. The molecule has 2 aromatic rings. The van der Waals surface area contributed by atoms with Gasteiger partial charge < -0.3 is 10.1 Å². The van der Waals surface area contributed by atoms with Gasteiger partial charge in [-0.15, -0.1) is 0 Å². The second-order valence-corrected chi connectivity index (χ2v) is 3.67. The summed E-state index contributed by atoms with van der Waals surface area (Å²) >= 11 is 0. The summed E-state index contributed by atoms with van der Waals surface area (Å²) in [6, 6.07) is 5.87. The molecule has 1 heterocycles. The van der Waals surface area contributed by atoms with E-state index in [1.807, 2.05) is 6.92 Å². The van der Waals surface area contributed by atoms with Gasteiger partial charge in [0.2, 0.25) is 0 Å². The minimum absolute atomic E-state index is 0.280. The van der Waals surface area contributed by atoms with Crippen LogP contribution in [-0.4, -0.2) is 16.5 Å². The van der Waals surface area contributed by atoms with Crippen LogP contribution in [0.2, 0.25) is 0 Å². The molecular formula is C13H14FN3O. The number of hydrogen-bond donors (Lipinski definition) is 1. The van der Waals surface area contributed by atoms with Gasteiger partial charge in [0.1, 0.15) is 24.0 Å². The maximum Gasteiger partial charge on any atom is 0.144 e. The SMILES string of the molecule is CCNc1cnc(COc2ccc(F)cc2)cn1. The minimum Gasteiger partial charge on any atom is -0.487 e. The molecule has 0 fully saturated rings. The zero-order valence-corrected chi connectivity index (χ0v) is 10.1. The minimum atomic E-state index is -0.280. The lowest BCUT2D eigenvalue weighted by Gasteiger charge is -2.06. The summed E-state index contributed by atoms with van der Waals surface area (Å²) in [4.78, 5) is 8.39. The summed E-state index contributed by atoms with van der Waals surface area (Å²) in [5.41, 5.74) is 0.723. The molecule has 5 heteroatoms. The van der Waals surface area contributed by atoms with Gasteiger partial charge in [0.05, 0.1) is 18.1 Å². The van der Waals surface area contributed by atoms with E-state index >= 15 is 0 Å². The Morgan fingerprint density at radius 1 is 1.17 bits per heavy atom. The highest BCUT2D eigenvalue weighted by Gasteiger charge is 1.99. The second kappa shape index (κ2) is 5.95. The van der Waals surface area contributed by atoms with Crippen molar-refractivity contribution < 1.29 is 9.13 Å². The molecule has 0 amide bonds. The Hall–Kier alpha value is -2.17. The molecule has 2 rings (SSSR count). The van der Waals surface area contributed by atoms with Gasteiger partial charge in [-0.05, 0) is 31.2 Å². The fraction of sp³-hybridized carbons (Fsp3) is 0.231. The number of aromatic nitrogens is 2. The third-order valence-electron chi connectivity index (χ3n) is 2.26. The maximum atomic E-state index is 12.7. The van der Waals surface area contributed by atoms with Crippen LogP contribution in [0.5, 0.6) is 5.75 Å². The predicted molar refractivity (Wildman–Crippen MR) is 66.9 cm³/mol. The first-order valence-electron chi connectivity index (χ1n) is 5.71. The van der Waals surface area contributed by atoms with Crippen molar-refractivity contribution >= 4 is 5.82 Å². The lowest BCUT2D eigenvalue weighted by molar-refractivity contribution is 0.300. The van der Waals surface area contributed by atoms with Crippen LogP contribution in [0.1, 0.15) is 12.6 Å². The first-order valence-corrected chi connectivity index (χ1v) is 5.71. The third-order valence-corrected chi connectivity index (χ3v) is 2.26. The van der Waals surface area contributed by atoms with Gasteiger partial charge in [0, 0.05) is 6.54 Å². The van der Waals surface area contributed by atoms with Crippen LogP contribution >= 0.6 is 0 Å². The van der Waals surface area contributed by atoms with Gasteiger partial charge in [-0.3, -0.25) is 4.98 Å². The molecule has 0 spiro atoms. The molecule has 0 aliphatic rings. The molecule has 18 heavy (non-hydrogen) atoms.